The van der Waals surface area contributed by atoms with E-state index in [-0.39, 0.29) is 0 Å². The molecule has 0 aliphatic carbocycles. The SMILES string of the molecule is CCc1cc(-c2cc(Oc3cnc4c(c3)CCCO4)ccn2)ccc1C(N)=O. The van der Waals surface area contributed by atoms with E-state index in [1.807, 2.05) is 31.2 Å². The van der Waals surface area contributed by atoms with Gasteiger partial charge in [-0.1, -0.05) is 13.0 Å². The summed E-state index contributed by atoms with van der Waals surface area (Å²) in [7, 11) is 0. The average Bonchev–Trinajstić information content (AvgIpc) is 2.73. The number of nitrogens with two attached hydrogens (primary N) is 1. The molecule has 0 fully saturated rings. The van der Waals surface area contributed by atoms with Crippen molar-refractivity contribution >= 4 is 5.91 Å². The molecule has 0 saturated heterocycles. The van der Waals surface area contributed by atoms with Crippen molar-refractivity contribution < 1.29 is 14.3 Å². The van der Waals surface area contributed by atoms with E-state index < -0.39 is 5.91 Å². The second kappa shape index (κ2) is 7.68. The molecule has 0 atom stereocenters. The van der Waals surface area contributed by atoms with Crippen LogP contribution < -0.4 is 15.2 Å². The van der Waals surface area contributed by atoms with E-state index in [1.54, 1.807) is 24.5 Å². The van der Waals surface area contributed by atoms with Gasteiger partial charge in [-0.25, -0.2) is 4.98 Å². The first-order valence-electron chi connectivity index (χ1n) is 9.33. The molecule has 2 N–H and O–H groups in total. The first-order chi connectivity index (χ1) is 13.6. The van der Waals surface area contributed by atoms with E-state index in [9.17, 15) is 4.79 Å². The Morgan fingerprint density at radius 3 is 2.89 bits per heavy atom. The van der Waals surface area contributed by atoms with Crippen molar-refractivity contribution in [3.63, 3.8) is 0 Å². The van der Waals surface area contributed by atoms with E-state index in [2.05, 4.69) is 9.97 Å². The lowest BCUT2D eigenvalue weighted by molar-refractivity contribution is 0.0999. The monoisotopic (exact) mass is 375 g/mol. The van der Waals surface area contributed by atoms with Gasteiger partial charge in [0.2, 0.25) is 11.8 Å². The summed E-state index contributed by atoms with van der Waals surface area (Å²) in [4.78, 5) is 20.3. The van der Waals surface area contributed by atoms with Crippen molar-refractivity contribution in [2.75, 3.05) is 6.61 Å². The van der Waals surface area contributed by atoms with E-state index in [4.69, 9.17) is 15.2 Å². The molecular formula is C22H21N3O3. The van der Waals surface area contributed by atoms with Crippen LogP contribution in [0.5, 0.6) is 17.4 Å². The van der Waals surface area contributed by atoms with Gasteiger partial charge in [-0.15, -0.1) is 0 Å². The number of benzene rings is 1. The summed E-state index contributed by atoms with van der Waals surface area (Å²) in [6, 6.07) is 11.2. The molecule has 0 unspecified atom stereocenters. The molecule has 142 valence electrons. The molecule has 6 heteroatoms. The highest BCUT2D eigenvalue weighted by molar-refractivity contribution is 5.95. The van der Waals surface area contributed by atoms with Crippen LogP contribution in [0.2, 0.25) is 0 Å². The number of carbonyl (C=O) groups is 1. The number of primary amides is 1. The number of fused-ring (bicyclic) bond motifs is 1. The van der Waals surface area contributed by atoms with Crippen molar-refractivity contribution in [3.8, 4) is 28.6 Å². The van der Waals surface area contributed by atoms with Crippen LogP contribution in [-0.4, -0.2) is 22.5 Å². The van der Waals surface area contributed by atoms with E-state index >= 15 is 0 Å². The minimum absolute atomic E-state index is 0.419. The van der Waals surface area contributed by atoms with Gasteiger partial charge in [0.15, 0.2) is 0 Å². The van der Waals surface area contributed by atoms with Gasteiger partial charge in [-0.3, -0.25) is 9.78 Å². The predicted octanol–water partition coefficient (Wildman–Crippen LogP) is 3.92. The van der Waals surface area contributed by atoms with Gasteiger partial charge < -0.3 is 15.2 Å². The van der Waals surface area contributed by atoms with Crippen molar-refractivity contribution in [1.29, 1.82) is 0 Å². The Bertz CT molecular complexity index is 1030. The zero-order chi connectivity index (χ0) is 19.5. The van der Waals surface area contributed by atoms with Gasteiger partial charge in [0.05, 0.1) is 18.5 Å². The van der Waals surface area contributed by atoms with E-state index in [0.29, 0.717) is 36.0 Å². The van der Waals surface area contributed by atoms with Crippen LogP contribution in [0.15, 0.2) is 48.8 Å². The Morgan fingerprint density at radius 1 is 1.18 bits per heavy atom. The number of rotatable bonds is 5. The van der Waals surface area contributed by atoms with Crippen molar-refractivity contribution in [2.45, 2.75) is 26.2 Å². The minimum Gasteiger partial charge on any atom is -0.477 e. The van der Waals surface area contributed by atoms with Gasteiger partial charge in [0.1, 0.15) is 11.5 Å². The van der Waals surface area contributed by atoms with E-state index in [0.717, 1.165) is 35.2 Å². The molecule has 0 radical (unpaired) electrons. The molecule has 1 aliphatic rings. The summed E-state index contributed by atoms with van der Waals surface area (Å²) in [6.07, 6.45) is 6.01. The average molecular weight is 375 g/mol. The molecule has 4 rings (SSSR count). The van der Waals surface area contributed by atoms with Gasteiger partial charge >= 0.3 is 0 Å². The van der Waals surface area contributed by atoms with E-state index in [1.165, 1.54) is 0 Å². The quantitative estimate of drug-likeness (QED) is 0.730. The first kappa shape index (κ1) is 18.0. The highest BCUT2D eigenvalue weighted by Gasteiger charge is 2.14. The molecule has 28 heavy (non-hydrogen) atoms. The molecular weight excluding hydrogens is 354 g/mol. The summed E-state index contributed by atoms with van der Waals surface area (Å²) in [6.45, 7) is 2.70. The number of amides is 1. The molecule has 6 nitrogen and oxygen atoms in total. The van der Waals surface area contributed by atoms with Crippen LogP contribution in [0, 0.1) is 0 Å². The Labute approximate surface area is 163 Å². The molecule has 0 spiro atoms. The van der Waals surface area contributed by atoms with Crippen LogP contribution >= 0.6 is 0 Å². The predicted molar refractivity (Wildman–Crippen MR) is 106 cm³/mol. The third-order valence-electron chi connectivity index (χ3n) is 4.74. The highest BCUT2D eigenvalue weighted by Crippen LogP contribution is 2.30. The second-order valence-electron chi connectivity index (χ2n) is 6.66. The van der Waals surface area contributed by atoms with Gasteiger partial charge in [-0.2, -0.15) is 0 Å². The fourth-order valence-corrected chi connectivity index (χ4v) is 3.33. The normalized spacial score (nSPS) is 12.8. The number of hydrogen-bond acceptors (Lipinski definition) is 5. The Kier molecular flexibility index (Phi) is 4.93. The summed E-state index contributed by atoms with van der Waals surface area (Å²) in [5, 5.41) is 0. The number of hydrogen-bond donors (Lipinski definition) is 1. The highest BCUT2D eigenvalue weighted by atomic mass is 16.5. The van der Waals surface area contributed by atoms with Crippen LogP contribution in [0.4, 0.5) is 0 Å². The topological polar surface area (TPSA) is 87.3 Å². The third kappa shape index (κ3) is 3.67. The number of nitrogens with zero attached hydrogens (tertiary/aromatic N) is 2. The summed E-state index contributed by atoms with van der Waals surface area (Å²) >= 11 is 0. The Balaban J connectivity index is 1.61. The van der Waals surface area contributed by atoms with Gasteiger partial charge in [0, 0.05) is 29.0 Å². The fraction of sp³-hybridized carbons (Fsp3) is 0.227. The van der Waals surface area contributed by atoms with Gasteiger partial charge in [0.25, 0.3) is 0 Å². The van der Waals surface area contributed by atoms with Crippen molar-refractivity contribution in [3.05, 3.63) is 65.5 Å². The standard InChI is InChI=1S/C22H21N3O3/c1-2-14-10-15(5-6-19(14)21(23)26)20-12-17(7-8-24-20)28-18-11-16-4-3-9-27-22(16)25-13-18/h5-8,10-13H,2-4,9H2,1H3,(H2,23,26). The summed E-state index contributed by atoms with van der Waals surface area (Å²) in [5.41, 5.74) is 9.62. The van der Waals surface area contributed by atoms with Gasteiger partial charge in [-0.05, 0) is 49.1 Å². The first-order valence-corrected chi connectivity index (χ1v) is 9.33. The van der Waals surface area contributed by atoms with Crippen LogP contribution in [0.25, 0.3) is 11.3 Å². The maximum atomic E-state index is 11.6. The number of ether oxygens (including phenoxy) is 2. The molecule has 1 aromatic carbocycles. The zero-order valence-corrected chi connectivity index (χ0v) is 15.6. The number of carbonyl (C=O) groups excluding carboxylic acids is 1. The van der Waals surface area contributed by atoms with Crippen molar-refractivity contribution in [1.82, 2.24) is 9.97 Å². The maximum Gasteiger partial charge on any atom is 0.248 e. The molecule has 1 amide bonds. The lowest BCUT2D eigenvalue weighted by Crippen LogP contribution is -2.13. The van der Waals surface area contributed by atoms with Crippen LogP contribution in [0.1, 0.15) is 34.8 Å². The summed E-state index contributed by atoms with van der Waals surface area (Å²) in [5.74, 6) is 1.60. The van der Waals surface area contributed by atoms with Crippen LogP contribution in [-0.2, 0) is 12.8 Å². The molecule has 3 aromatic rings. The number of aryl methyl sites for hydroxylation is 2. The minimum atomic E-state index is -0.419. The zero-order valence-electron chi connectivity index (χ0n) is 15.6. The lowest BCUT2D eigenvalue weighted by Gasteiger charge is -2.16. The third-order valence-corrected chi connectivity index (χ3v) is 4.74. The maximum absolute atomic E-state index is 11.6. The molecule has 3 heterocycles. The number of pyridine rings is 2. The number of aromatic nitrogens is 2. The van der Waals surface area contributed by atoms with Crippen molar-refractivity contribution in [2.24, 2.45) is 5.73 Å². The molecule has 0 saturated carbocycles. The Morgan fingerprint density at radius 2 is 2.07 bits per heavy atom. The summed E-state index contributed by atoms with van der Waals surface area (Å²) < 4.78 is 11.5. The molecule has 0 bridgehead atoms. The second-order valence-corrected chi connectivity index (χ2v) is 6.66. The molecule has 2 aromatic heterocycles. The lowest BCUT2D eigenvalue weighted by atomic mass is 9.99. The van der Waals surface area contributed by atoms with Crippen LogP contribution in [0.3, 0.4) is 0 Å². The smallest absolute Gasteiger partial charge is 0.248 e. The largest absolute Gasteiger partial charge is 0.477 e. The Hall–Kier alpha value is -3.41. The fourth-order valence-electron chi connectivity index (χ4n) is 3.33. The molecule has 1 aliphatic heterocycles.